The largest absolute Gasteiger partial charge is 0.509 e. The van der Waals surface area contributed by atoms with E-state index in [1.165, 1.54) is 0 Å². The number of nitrogens with two attached hydrogens (primary N) is 1. The Hall–Kier alpha value is -4.32. The van der Waals surface area contributed by atoms with Crippen LogP contribution in [-0.4, -0.2) is 28.0 Å². The van der Waals surface area contributed by atoms with Crippen LogP contribution in [0.4, 0.5) is 0 Å². The maximum Gasteiger partial charge on any atom is 0.289 e. The molecule has 36 heavy (non-hydrogen) atoms. The number of benzene rings is 3. The average molecular weight is 481 g/mol. The number of nitrogens with zero attached hydrogens (tertiary/aromatic N) is 1. The third kappa shape index (κ3) is 4.38. The number of aliphatic hydroxyl groups excluding tert-OH is 1. The molecule has 3 aromatic carbocycles. The zero-order valence-corrected chi connectivity index (χ0v) is 20.2. The summed E-state index contributed by atoms with van der Waals surface area (Å²) in [6, 6.07) is 23.9. The van der Waals surface area contributed by atoms with Crippen molar-refractivity contribution in [2.45, 2.75) is 32.7 Å². The number of ketones is 1. The lowest BCUT2D eigenvalue weighted by atomic mass is 9.91. The Morgan fingerprint density at radius 3 is 2.28 bits per heavy atom. The van der Waals surface area contributed by atoms with Gasteiger partial charge in [-0.3, -0.25) is 9.59 Å². The highest BCUT2D eigenvalue weighted by molar-refractivity contribution is 6.45. The van der Waals surface area contributed by atoms with E-state index in [2.05, 4.69) is 36.4 Å². The Morgan fingerprint density at radius 2 is 1.64 bits per heavy atom. The molecule has 0 aliphatic heterocycles. The highest BCUT2D eigenvalue weighted by Gasteiger charge is 2.26. The normalized spacial score (nSPS) is 12.9. The Labute approximate surface area is 209 Å². The number of fused-ring (bicyclic) bond motifs is 1. The van der Waals surface area contributed by atoms with Gasteiger partial charge in [0.2, 0.25) is 0 Å². The van der Waals surface area contributed by atoms with Crippen molar-refractivity contribution in [1.82, 2.24) is 4.57 Å². The topological polar surface area (TPSA) is 94.6 Å². The first-order valence-corrected chi connectivity index (χ1v) is 12.1. The van der Waals surface area contributed by atoms with E-state index >= 15 is 0 Å². The van der Waals surface area contributed by atoms with Gasteiger partial charge in [-0.05, 0) is 60.6 Å². The van der Waals surface area contributed by atoms with Gasteiger partial charge in [-0.1, -0.05) is 60.7 Å². The van der Waals surface area contributed by atoms with Gasteiger partial charge in [0.05, 0.1) is 16.5 Å². The van der Waals surface area contributed by atoms with Crippen LogP contribution in [0.5, 0.6) is 5.75 Å². The number of hydrogen-bond donors (Lipinski definition) is 2. The van der Waals surface area contributed by atoms with Crippen LogP contribution in [-0.2, 0) is 11.3 Å². The number of amides is 1. The third-order valence-electron chi connectivity index (χ3n) is 6.89. The molecule has 1 aliphatic carbocycles. The third-order valence-corrected chi connectivity index (χ3v) is 6.89. The van der Waals surface area contributed by atoms with E-state index in [1.54, 1.807) is 6.07 Å². The van der Waals surface area contributed by atoms with Crippen LogP contribution in [0, 0.1) is 6.92 Å². The molecule has 0 saturated heterocycles. The number of Topliss-reactive ketones (excluding diaryl/α,β-unsaturated/α-hetero) is 1. The second-order valence-corrected chi connectivity index (χ2v) is 9.15. The fraction of sp³-hybridized carbons (Fsp3) is 0.200. The number of ether oxygens (including phenoxy) is 1. The van der Waals surface area contributed by atoms with Crippen molar-refractivity contribution in [2.24, 2.45) is 5.73 Å². The molecule has 0 atom stereocenters. The lowest BCUT2D eigenvalue weighted by Crippen LogP contribution is -2.24. The number of aliphatic hydroxyl groups is 1. The molecule has 1 heterocycles. The minimum Gasteiger partial charge on any atom is -0.509 e. The Bertz CT molecular complexity index is 1480. The molecular formula is C30H28N2O4. The number of carbonyl (C=O) groups excluding carboxylic acids is 2. The van der Waals surface area contributed by atoms with Crippen LogP contribution in [0.3, 0.4) is 0 Å². The smallest absolute Gasteiger partial charge is 0.289 e. The van der Waals surface area contributed by atoms with Crippen LogP contribution in [0.15, 0.2) is 84.1 Å². The summed E-state index contributed by atoms with van der Waals surface area (Å²) < 4.78 is 7.97. The zero-order chi connectivity index (χ0) is 25.2. The predicted octanol–water partition coefficient (Wildman–Crippen LogP) is 5.71. The summed E-state index contributed by atoms with van der Waals surface area (Å²) >= 11 is 0. The zero-order valence-electron chi connectivity index (χ0n) is 20.2. The Balaban J connectivity index is 1.53. The lowest BCUT2D eigenvalue weighted by Gasteiger charge is -2.19. The summed E-state index contributed by atoms with van der Waals surface area (Å²) in [6.07, 6.45) is 2.83. The highest BCUT2D eigenvalue weighted by Crippen LogP contribution is 2.35. The fourth-order valence-electron chi connectivity index (χ4n) is 4.72. The van der Waals surface area contributed by atoms with E-state index in [0.29, 0.717) is 23.4 Å². The summed E-state index contributed by atoms with van der Waals surface area (Å²) in [5, 5.41) is 10.9. The summed E-state index contributed by atoms with van der Waals surface area (Å²) in [4.78, 5) is 24.8. The van der Waals surface area contributed by atoms with E-state index in [9.17, 15) is 14.7 Å². The van der Waals surface area contributed by atoms with Gasteiger partial charge in [0.25, 0.3) is 11.7 Å². The van der Waals surface area contributed by atoms with Crippen molar-refractivity contribution in [3.8, 4) is 16.9 Å². The van der Waals surface area contributed by atoms with Gasteiger partial charge in [0, 0.05) is 12.2 Å². The molecule has 1 fully saturated rings. The van der Waals surface area contributed by atoms with Crippen molar-refractivity contribution in [3.05, 3.63) is 101 Å². The van der Waals surface area contributed by atoms with Gasteiger partial charge < -0.3 is 20.1 Å². The molecule has 0 bridgehead atoms. The summed E-state index contributed by atoms with van der Waals surface area (Å²) in [5.41, 5.74) is 11.4. The molecule has 4 aromatic rings. The van der Waals surface area contributed by atoms with Gasteiger partial charge in [-0.25, -0.2) is 0 Å². The Morgan fingerprint density at radius 1 is 0.944 bits per heavy atom. The first-order valence-electron chi connectivity index (χ1n) is 12.1. The summed E-state index contributed by atoms with van der Waals surface area (Å²) in [5.74, 6) is -1.10. The number of carbonyl (C=O) groups is 2. The summed E-state index contributed by atoms with van der Waals surface area (Å²) in [6.45, 7) is 2.33. The number of primary amides is 1. The van der Waals surface area contributed by atoms with Crippen LogP contribution in [0.1, 0.15) is 40.9 Å². The molecule has 3 N–H and O–H groups in total. The molecular weight excluding hydrogens is 452 g/mol. The molecule has 1 saturated carbocycles. The molecule has 6 heteroatoms. The van der Waals surface area contributed by atoms with E-state index < -0.39 is 11.7 Å². The van der Waals surface area contributed by atoms with Gasteiger partial charge >= 0.3 is 0 Å². The maximum absolute atomic E-state index is 12.9. The van der Waals surface area contributed by atoms with Crippen LogP contribution in [0.25, 0.3) is 22.0 Å². The van der Waals surface area contributed by atoms with Crippen LogP contribution >= 0.6 is 0 Å². The van der Waals surface area contributed by atoms with Gasteiger partial charge in [-0.15, -0.1) is 0 Å². The van der Waals surface area contributed by atoms with E-state index in [-0.39, 0.29) is 17.9 Å². The highest BCUT2D eigenvalue weighted by atomic mass is 16.5. The molecule has 182 valence electrons. The summed E-state index contributed by atoms with van der Waals surface area (Å²) in [7, 11) is 0. The Kier molecular flexibility index (Phi) is 6.34. The van der Waals surface area contributed by atoms with Gasteiger partial charge in [0.1, 0.15) is 18.1 Å². The fourth-order valence-corrected chi connectivity index (χ4v) is 4.72. The van der Waals surface area contributed by atoms with Crippen molar-refractivity contribution >= 4 is 22.6 Å². The monoisotopic (exact) mass is 480 g/mol. The van der Waals surface area contributed by atoms with Crippen molar-refractivity contribution in [1.29, 1.82) is 0 Å². The molecule has 1 amide bonds. The number of allylic oxidation sites excluding steroid dienone is 1. The van der Waals surface area contributed by atoms with Crippen LogP contribution < -0.4 is 10.5 Å². The average Bonchev–Trinajstić information content (AvgIpc) is 3.13. The molecule has 0 spiro atoms. The van der Waals surface area contributed by atoms with Crippen molar-refractivity contribution < 1.29 is 19.4 Å². The SMILES string of the molecule is Cc1c(C(=O)C(N)=O)c2c(OCC(O)=C3CCC3)cccc2n1Cc1ccc(-c2ccccc2)cc1. The first kappa shape index (κ1) is 23.4. The first-order chi connectivity index (χ1) is 17.4. The lowest BCUT2D eigenvalue weighted by molar-refractivity contribution is -0.114. The number of rotatable bonds is 8. The molecule has 1 aromatic heterocycles. The second kappa shape index (κ2) is 9.74. The molecule has 0 radical (unpaired) electrons. The molecule has 5 rings (SSSR count). The van der Waals surface area contributed by atoms with Gasteiger partial charge in [0.15, 0.2) is 0 Å². The predicted molar refractivity (Wildman–Crippen MR) is 140 cm³/mol. The molecule has 1 aliphatic rings. The second-order valence-electron chi connectivity index (χ2n) is 9.15. The minimum atomic E-state index is -1.02. The standard InChI is InChI=1S/C30H28N2O4/c1-19-27(29(34)30(31)35)28-24(11-6-12-26(28)36-18-25(33)23-9-5-10-23)32(19)17-20-13-15-22(16-14-20)21-7-3-2-4-8-21/h2-4,6-8,11-16,33H,5,9-10,17-18H2,1H3,(H2,31,35). The van der Waals surface area contributed by atoms with E-state index in [1.807, 2.05) is 41.8 Å². The van der Waals surface area contributed by atoms with E-state index in [0.717, 1.165) is 47.0 Å². The minimum absolute atomic E-state index is 0.0177. The maximum atomic E-state index is 12.9. The number of hydrogen-bond acceptors (Lipinski definition) is 4. The van der Waals surface area contributed by atoms with E-state index in [4.69, 9.17) is 10.5 Å². The number of aromatic nitrogens is 1. The molecule has 0 unspecified atom stereocenters. The van der Waals surface area contributed by atoms with Gasteiger partial charge in [-0.2, -0.15) is 0 Å². The molecule has 6 nitrogen and oxygen atoms in total. The quantitative estimate of drug-likeness (QED) is 0.192. The van der Waals surface area contributed by atoms with Crippen molar-refractivity contribution in [3.63, 3.8) is 0 Å². The van der Waals surface area contributed by atoms with Crippen molar-refractivity contribution in [2.75, 3.05) is 6.61 Å². The van der Waals surface area contributed by atoms with Crippen LogP contribution in [0.2, 0.25) is 0 Å².